The number of Topliss-reactive ketones (excluding diaryl/α,β-unsaturated/α-hetero) is 4. The molecule has 0 fully saturated rings. The van der Waals surface area contributed by atoms with Crippen LogP contribution in [-0.4, -0.2) is 164 Å². The van der Waals surface area contributed by atoms with Gasteiger partial charge < -0.3 is 20.4 Å². The van der Waals surface area contributed by atoms with Crippen molar-refractivity contribution in [2.75, 3.05) is 28.2 Å². The first-order valence-electron chi connectivity index (χ1n) is 33.8. The first kappa shape index (κ1) is 89.8. The molecule has 0 aliphatic heterocycles. The van der Waals surface area contributed by atoms with E-state index in [1.807, 2.05) is 121 Å². The molecule has 0 saturated carbocycles. The largest absolute Gasteiger partial charge is 0.380 e. The summed E-state index contributed by atoms with van der Waals surface area (Å²) in [5.74, 6) is 22.0. The summed E-state index contributed by atoms with van der Waals surface area (Å²) in [6.07, 6.45) is 4.80. The molecule has 0 aliphatic carbocycles. The number of nitrogens with zero attached hydrogens (tertiary/aromatic N) is 4. The highest BCUT2D eigenvalue weighted by atomic mass is 16.3. The van der Waals surface area contributed by atoms with Gasteiger partial charge in [-0.15, -0.1) is 12.3 Å². The molecule has 4 unspecified atom stereocenters. The van der Waals surface area contributed by atoms with Crippen molar-refractivity contribution in [3.8, 4) is 47.9 Å². The van der Waals surface area contributed by atoms with Crippen molar-refractivity contribution in [1.29, 1.82) is 0 Å². The fourth-order valence-corrected chi connectivity index (χ4v) is 10.8. The Morgan fingerprint density at radius 2 is 0.667 bits per heavy atom. The number of ketones is 4. The zero-order valence-electron chi connectivity index (χ0n) is 62.6. The van der Waals surface area contributed by atoms with Gasteiger partial charge in [0.1, 0.15) is 24.4 Å². The lowest BCUT2D eigenvalue weighted by Gasteiger charge is -2.38. The molecular formula is C78H134N4O8. The number of aliphatic hydroxyl groups excluding tert-OH is 4. The van der Waals surface area contributed by atoms with Crippen molar-refractivity contribution < 1.29 is 39.6 Å². The van der Waals surface area contributed by atoms with Crippen molar-refractivity contribution in [2.24, 2.45) is 71.0 Å². The molecular weight excluding hydrogens is 1120 g/mol. The Hall–Kier alpha value is -4.44. The summed E-state index contributed by atoms with van der Waals surface area (Å²) in [5.41, 5.74) is 1.65. The number of carbonyl (C=O) groups excluding carboxylic acids is 4. The minimum absolute atomic E-state index is 0.00125. The third-order valence-electron chi connectivity index (χ3n) is 18.5. The first-order chi connectivity index (χ1) is 41.4. The minimum atomic E-state index is -0.730. The molecule has 1 aromatic carbocycles. The minimum Gasteiger partial charge on any atom is -0.380 e. The number of aliphatic hydroxyl groups is 4. The molecule has 90 heavy (non-hydrogen) atoms. The van der Waals surface area contributed by atoms with E-state index in [-0.39, 0.29) is 118 Å². The van der Waals surface area contributed by atoms with Crippen molar-refractivity contribution in [3.05, 3.63) is 48.0 Å². The number of rotatable bonds is 32. The highest BCUT2D eigenvalue weighted by molar-refractivity contribution is 5.87. The summed E-state index contributed by atoms with van der Waals surface area (Å²) in [4.78, 5) is 59.2. The summed E-state index contributed by atoms with van der Waals surface area (Å²) in [6, 6.07) is 10.4. The van der Waals surface area contributed by atoms with Gasteiger partial charge in [0.05, 0.1) is 24.2 Å². The van der Waals surface area contributed by atoms with Crippen LogP contribution in [0.5, 0.6) is 0 Å². The number of terminal acetylenes is 1. The van der Waals surface area contributed by atoms with E-state index >= 15 is 0 Å². The molecule has 0 aromatic heterocycles. The van der Waals surface area contributed by atoms with Crippen LogP contribution < -0.4 is 0 Å². The Bertz CT molecular complexity index is 2460. The second-order valence-corrected chi connectivity index (χ2v) is 28.6. The van der Waals surface area contributed by atoms with E-state index in [2.05, 4.69) is 178 Å². The maximum Gasteiger partial charge on any atom is 0.152 e. The topological polar surface area (TPSA) is 162 Å². The molecule has 0 spiro atoms. The second-order valence-electron chi connectivity index (χ2n) is 28.6. The average molecular weight is 1260 g/mol. The van der Waals surface area contributed by atoms with E-state index in [4.69, 9.17) is 6.42 Å². The Labute approximate surface area is 553 Å². The van der Waals surface area contributed by atoms with Gasteiger partial charge in [0, 0.05) is 53.4 Å². The summed E-state index contributed by atoms with van der Waals surface area (Å²) in [5, 5.41) is 39.9. The molecule has 1 rings (SSSR count). The van der Waals surface area contributed by atoms with Crippen LogP contribution in [0.3, 0.4) is 0 Å². The Balaban J connectivity index is -0.00000113. The smallest absolute Gasteiger partial charge is 0.152 e. The van der Waals surface area contributed by atoms with Crippen LogP contribution in [0, 0.1) is 119 Å². The van der Waals surface area contributed by atoms with E-state index < -0.39 is 24.4 Å². The Kier molecular flexibility index (Phi) is 45.7. The molecule has 0 radical (unpaired) electrons. The fraction of sp³-hybridized carbons (Fsp3) is 0.744. The molecule has 0 heterocycles. The maximum atomic E-state index is 12.8. The van der Waals surface area contributed by atoms with E-state index in [0.29, 0.717) is 49.9 Å². The Morgan fingerprint density at radius 3 is 0.889 bits per heavy atom. The number of benzene rings is 1. The van der Waals surface area contributed by atoms with E-state index in [1.54, 1.807) is 6.92 Å². The normalized spacial score (nSPS) is 16.9. The lowest BCUT2D eigenvalue weighted by Crippen LogP contribution is -2.49. The number of hydrogen-bond donors (Lipinski definition) is 4. The standard InChI is InChI=1S/C23H35NO2.C20H35NO2.C18H33NO2.C17H31NO2/c1-16(2)23(26)22(24(7)17(3)4)19(6)18(5)15-21(25)14-13-20-11-9-8-10-12-20;1-13(2)10-11-18(22)12-16(7)17(8)19(20(23)14(3)4)21(9)15(5)6;1-9-10-16(20)11-14(6)15(7)17(18(21)12(2)3)19(8)13(4)5;1-9-15(19)10-13(6)14(7)16(17(20)11(2)3)18(8)12(4)5/h8-12,16-19,21-22,25H,15H2,1-7H3;14-19,22H,1,12H2,2-9H3;12-17,20H,11H2,1-8H3;1,11-16,19H,10H2,2-8H3/t18-,19-,21?,22+;16-,17-,18?,19+;14-,15-,16?,17+;13-,14-,15?,16+/m1111/s1. The first-order valence-corrected chi connectivity index (χ1v) is 33.8. The van der Waals surface area contributed by atoms with Crippen LogP contribution >= 0.6 is 0 Å². The van der Waals surface area contributed by atoms with Gasteiger partial charge in [-0.2, -0.15) is 0 Å². The van der Waals surface area contributed by atoms with Gasteiger partial charge in [0.2, 0.25) is 0 Å². The van der Waals surface area contributed by atoms with Crippen LogP contribution in [0.4, 0.5) is 0 Å². The number of allylic oxidation sites excluding steroid dienone is 1. The van der Waals surface area contributed by atoms with Gasteiger partial charge in [-0.3, -0.25) is 38.8 Å². The monoisotopic (exact) mass is 1260 g/mol. The number of hydrogen-bond acceptors (Lipinski definition) is 12. The zero-order valence-corrected chi connectivity index (χ0v) is 62.6. The highest BCUT2D eigenvalue weighted by Crippen LogP contribution is 2.31. The molecule has 4 N–H and O–H groups in total. The molecule has 514 valence electrons. The predicted octanol–water partition coefficient (Wildman–Crippen LogP) is 13.1. The van der Waals surface area contributed by atoms with Crippen molar-refractivity contribution >= 4 is 23.1 Å². The molecule has 0 amide bonds. The van der Waals surface area contributed by atoms with Gasteiger partial charge in [-0.25, -0.2) is 0 Å². The van der Waals surface area contributed by atoms with Crippen LogP contribution in [0.25, 0.3) is 0 Å². The van der Waals surface area contributed by atoms with Gasteiger partial charge in [-0.1, -0.05) is 171 Å². The quantitative estimate of drug-likeness (QED) is 0.0506. The third kappa shape index (κ3) is 33.4. The molecule has 16 atom stereocenters. The van der Waals surface area contributed by atoms with E-state index in [1.165, 1.54) is 0 Å². The van der Waals surface area contributed by atoms with Crippen molar-refractivity contribution in [1.82, 2.24) is 19.6 Å². The molecule has 12 nitrogen and oxygen atoms in total. The van der Waals surface area contributed by atoms with Gasteiger partial charge in [0.25, 0.3) is 0 Å². The van der Waals surface area contributed by atoms with E-state index in [0.717, 1.165) is 11.1 Å². The van der Waals surface area contributed by atoms with Crippen LogP contribution in [0.2, 0.25) is 0 Å². The summed E-state index contributed by atoms with van der Waals surface area (Å²) < 4.78 is 0. The molecule has 0 aliphatic rings. The van der Waals surface area contributed by atoms with Gasteiger partial charge in [-0.05, 0) is 188 Å². The molecule has 1 aromatic rings. The van der Waals surface area contributed by atoms with Crippen molar-refractivity contribution in [3.63, 3.8) is 0 Å². The van der Waals surface area contributed by atoms with Crippen LogP contribution in [-0.2, 0) is 19.2 Å². The van der Waals surface area contributed by atoms with Crippen LogP contribution in [0.1, 0.15) is 211 Å². The highest BCUT2D eigenvalue weighted by Gasteiger charge is 2.39. The fourth-order valence-electron chi connectivity index (χ4n) is 10.8. The lowest BCUT2D eigenvalue weighted by molar-refractivity contribution is -0.130. The van der Waals surface area contributed by atoms with Gasteiger partial charge in [0.15, 0.2) is 23.1 Å². The summed E-state index contributed by atoms with van der Waals surface area (Å²) in [6.45, 7) is 56.5. The maximum absolute atomic E-state index is 12.8. The average Bonchev–Trinajstić information content (AvgIpc) is 3.54. The Morgan fingerprint density at radius 1 is 0.422 bits per heavy atom. The zero-order chi connectivity index (χ0) is 70.9. The van der Waals surface area contributed by atoms with Crippen molar-refractivity contribution in [2.45, 2.75) is 278 Å². The predicted molar refractivity (Wildman–Crippen MR) is 380 cm³/mol. The lowest BCUT2D eigenvalue weighted by atomic mass is 9.80. The van der Waals surface area contributed by atoms with E-state index in [9.17, 15) is 39.6 Å². The number of carbonyl (C=O) groups is 4. The second kappa shape index (κ2) is 45.8. The molecule has 0 saturated heterocycles. The SMILES string of the molecule is C#CC(O)C[C@@H](C)[C@@H](C)[C@@H](C(=O)C(C)C)N(C)C(C)C.C=C(C)C#CC(O)C[C@@H](C)[C@@H](C)[C@@H](C(=O)C(C)C)N(C)C(C)C.CC#CC(O)C[C@@H](C)[C@@H](C)[C@@H](C(=O)C(C)C)N(C)C(C)C.CC(C)C(=O)[C@H]([C@H](C)[C@H](C)CC(O)C#Cc1ccccc1)N(C)C(C)C. The third-order valence-corrected chi connectivity index (χ3v) is 18.5. The van der Waals surface area contributed by atoms with Gasteiger partial charge >= 0.3 is 0 Å². The number of likely N-dealkylation sites (N-methyl/N-ethyl adjacent to an activating group) is 4. The summed E-state index contributed by atoms with van der Waals surface area (Å²) >= 11 is 0. The molecule has 12 heteroatoms. The summed E-state index contributed by atoms with van der Waals surface area (Å²) in [7, 11) is 8.04. The van der Waals surface area contributed by atoms with Crippen LogP contribution in [0.15, 0.2) is 42.5 Å². The molecule has 0 bridgehead atoms.